The topological polar surface area (TPSA) is 104 Å². The number of azide groups is 1. The van der Waals surface area contributed by atoms with Gasteiger partial charge in [0.15, 0.2) is 11.8 Å². The van der Waals surface area contributed by atoms with Crippen LogP contribution in [0.3, 0.4) is 0 Å². The fraction of sp³-hybridized carbons (Fsp3) is 1.00. The Morgan fingerprint density at radius 2 is 2.67 bits per heavy atom. The normalized spacial score (nSPS) is 22.0. The predicted octanol–water partition coefficient (Wildman–Crippen LogP) is 0.147. The summed E-state index contributed by atoms with van der Waals surface area (Å²) in [5.41, 5.74) is 7.96. The third kappa shape index (κ3) is 1.97. The maximum atomic E-state index is 10.2. The van der Waals surface area contributed by atoms with Crippen molar-refractivity contribution >= 4 is 0 Å². The highest BCUT2D eigenvalue weighted by Crippen LogP contribution is 2.07. The van der Waals surface area contributed by atoms with Gasteiger partial charge in [-0.25, -0.2) is 10.1 Å². The molecule has 1 rings (SSSR count). The molecule has 1 unspecified atom stereocenters. The van der Waals surface area contributed by atoms with Crippen molar-refractivity contribution in [2.24, 2.45) is 5.11 Å². The van der Waals surface area contributed by atoms with E-state index in [4.69, 9.17) is 10.3 Å². The molecule has 0 N–H and O–H groups in total. The molecule has 0 aromatic rings. The molecule has 0 aromatic carbocycles. The number of hydrogen-bond donors (Lipinski definition) is 0. The van der Waals surface area contributed by atoms with Gasteiger partial charge in [-0.05, 0) is 5.53 Å². The fourth-order valence-electron chi connectivity index (χ4n) is 0.884. The van der Waals surface area contributed by atoms with Gasteiger partial charge in [-0.15, -0.1) is 5.01 Å². The standard InChI is InChI=1S/C4H7N5O3/c5-7-6-1-4-2-8(3-12-4)9(10)11/h4H,1-3H2. The number of rotatable bonds is 3. The van der Waals surface area contributed by atoms with Crippen LogP contribution in [0.2, 0.25) is 0 Å². The molecule has 0 bridgehead atoms. The molecular weight excluding hydrogens is 166 g/mol. The molecular formula is C4H7N5O3. The van der Waals surface area contributed by atoms with E-state index < -0.39 is 5.03 Å². The van der Waals surface area contributed by atoms with Crippen LogP contribution >= 0.6 is 0 Å². The smallest absolute Gasteiger partial charge is 0.177 e. The molecule has 0 amide bonds. The second-order valence-corrected chi connectivity index (χ2v) is 2.26. The minimum atomic E-state index is -0.532. The number of nitro groups is 1. The molecule has 8 nitrogen and oxygen atoms in total. The highest BCUT2D eigenvalue weighted by atomic mass is 16.7. The summed E-state index contributed by atoms with van der Waals surface area (Å²) in [6.07, 6.45) is -0.355. The number of hydrazine groups is 1. The quantitative estimate of drug-likeness (QED) is 0.199. The first-order chi connectivity index (χ1) is 5.74. The molecule has 1 aliphatic rings. The van der Waals surface area contributed by atoms with E-state index in [2.05, 4.69) is 10.0 Å². The van der Waals surface area contributed by atoms with Crippen LogP contribution in [0.1, 0.15) is 0 Å². The number of ether oxygens (including phenoxy) is 1. The zero-order chi connectivity index (χ0) is 8.97. The van der Waals surface area contributed by atoms with E-state index in [1.807, 2.05) is 0 Å². The van der Waals surface area contributed by atoms with Crippen molar-refractivity contribution < 1.29 is 9.77 Å². The first-order valence-electron chi connectivity index (χ1n) is 3.25. The monoisotopic (exact) mass is 173 g/mol. The van der Waals surface area contributed by atoms with Crippen LogP contribution in [0.25, 0.3) is 10.4 Å². The lowest BCUT2D eigenvalue weighted by atomic mass is 10.4. The molecule has 66 valence electrons. The molecule has 0 saturated carbocycles. The van der Waals surface area contributed by atoms with Crippen molar-refractivity contribution in [3.05, 3.63) is 20.6 Å². The summed E-state index contributed by atoms with van der Waals surface area (Å²) in [4.78, 5) is 12.7. The Bertz CT molecular complexity index is 225. The number of hydrogen-bond acceptors (Lipinski definition) is 4. The molecule has 0 radical (unpaired) electrons. The Morgan fingerprint density at radius 3 is 3.17 bits per heavy atom. The third-order valence-electron chi connectivity index (χ3n) is 1.45. The molecule has 1 fully saturated rings. The van der Waals surface area contributed by atoms with Crippen molar-refractivity contribution in [3.8, 4) is 0 Å². The minimum Gasteiger partial charge on any atom is -0.350 e. The third-order valence-corrected chi connectivity index (χ3v) is 1.45. The van der Waals surface area contributed by atoms with E-state index in [-0.39, 0.29) is 25.9 Å². The molecule has 1 atom stereocenters. The van der Waals surface area contributed by atoms with Gasteiger partial charge in [-0.2, -0.15) is 0 Å². The first-order valence-corrected chi connectivity index (χ1v) is 3.25. The van der Waals surface area contributed by atoms with E-state index in [0.717, 1.165) is 5.01 Å². The van der Waals surface area contributed by atoms with Crippen molar-refractivity contribution in [3.63, 3.8) is 0 Å². The minimum absolute atomic E-state index is 0.0430. The Balaban J connectivity index is 2.35. The fourth-order valence-corrected chi connectivity index (χ4v) is 0.884. The van der Waals surface area contributed by atoms with Gasteiger partial charge < -0.3 is 4.74 Å². The van der Waals surface area contributed by atoms with Gasteiger partial charge >= 0.3 is 0 Å². The molecule has 8 heteroatoms. The summed E-state index contributed by atoms with van der Waals surface area (Å²) in [6, 6.07) is 0. The molecule has 0 aromatic heterocycles. The van der Waals surface area contributed by atoms with Gasteiger partial charge in [0.25, 0.3) is 0 Å². The highest BCUT2D eigenvalue weighted by Gasteiger charge is 2.28. The Labute approximate surface area is 67.5 Å². The van der Waals surface area contributed by atoms with E-state index in [0.29, 0.717) is 0 Å². The van der Waals surface area contributed by atoms with Gasteiger partial charge in [0.2, 0.25) is 0 Å². The second-order valence-electron chi connectivity index (χ2n) is 2.26. The second kappa shape index (κ2) is 3.74. The van der Waals surface area contributed by atoms with Crippen LogP contribution in [0.15, 0.2) is 5.11 Å². The van der Waals surface area contributed by atoms with Crippen molar-refractivity contribution in [2.45, 2.75) is 6.10 Å². The van der Waals surface area contributed by atoms with E-state index in [1.54, 1.807) is 0 Å². The summed E-state index contributed by atoms with van der Waals surface area (Å²) in [6.45, 7) is 0.269. The summed E-state index contributed by atoms with van der Waals surface area (Å²) in [5, 5.41) is 13.8. The van der Waals surface area contributed by atoms with Gasteiger partial charge in [0.05, 0.1) is 12.6 Å². The van der Waals surface area contributed by atoms with Crippen molar-refractivity contribution in [1.29, 1.82) is 0 Å². The summed E-state index contributed by atoms with van der Waals surface area (Å²) in [7, 11) is 0. The van der Waals surface area contributed by atoms with Gasteiger partial charge in [0, 0.05) is 4.91 Å². The maximum Gasteiger partial charge on any atom is 0.177 e. The lowest BCUT2D eigenvalue weighted by Crippen LogP contribution is -2.28. The van der Waals surface area contributed by atoms with Gasteiger partial charge in [0.1, 0.15) is 6.54 Å². The molecule has 1 saturated heterocycles. The predicted molar refractivity (Wildman–Crippen MR) is 37.5 cm³/mol. The zero-order valence-electron chi connectivity index (χ0n) is 6.16. The molecule has 0 spiro atoms. The lowest BCUT2D eigenvalue weighted by Gasteiger charge is -2.02. The summed E-state index contributed by atoms with van der Waals surface area (Å²) >= 11 is 0. The largest absolute Gasteiger partial charge is 0.350 e. The van der Waals surface area contributed by atoms with Crippen molar-refractivity contribution in [2.75, 3.05) is 19.8 Å². The van der Waals surface area contributed by atoms with Gasteiger partial charge in [-0.3, -0.25) is 0 Å². The van der Waals surface area contributed by atoms with Crippen molar-refractivity contribution in [1.82, 2.24) is 5.01 Å². The molecule has 12 heavy (non-hydrogen) atoms. The Kier molecular flexibility index (Phi) is 2.67. The number of nitrogens with zero attached hydrogens (tertiary/aromatic N) is 5. The SMILES string of the molecule is [N-]=[N+]=NCC1CN([N+](=O)[O-])CO1. The maximum absolute atomic E-state index is 10.2. The van der Waals surface area contributed by atoms with E-state index in [1.165, 1.54) is 0 Å². The van der Waals surface area contributed by atoms with E-state index >= 15 is 0 Å². The lowest BCUT2D eigenvalue weighted by molar-refractivity contribution is -0.654. The molecule has 1 heterocycles. The zero-order valence-corrected chi connectivity index (χ0v) is 6.16. The average Bonchev–Trinajstić information content (AvgIpc) is 2.48. The van der Waals surface area contributed by atoms with Gasteiger partial charge in [-0.1, -0.05) is 5.11 Å². The van der Waals surface area contributed by atoms with Crippen LogP contribution in [0.4, 0.5) is 0 Å². The van der Waals surface area contributed by atoms with E-state index in [9.17, 15) is 10.1 Å². The summed E-state index contributed by atoms with van der Waals surface area (Å²) in [5.74, 6) is 0. The van der Waals surface area contributed by atoms with Crippen LogP contribution in [0.5, 0.6) is 0 Å². The summed E-state index contributed by atoms with van der Waals surface area (Å²) < 4.78 is 4.95. The van der Waals surface area contributed by atoms with Crippen LogP contribution in [0, 0.1) is 10.1 Å². The first kappa shape index (κ1) is 8.57. The molecule has 1 aliphatic heterocycles. The van der Waals surface area contributed by atoms with Crippen LogP contribution in [-0.2, 0) is 4.74 Å². The highest BCUT2D eigenvalue weighted by molar-refractivity contribution is 4.68. The van der Waals surface area contributed by atoms with Crippen LogP contribution in [-0.4, -0.2) is 36.0 Å². The molecule has 0 aliphatic carbocycles. The average molecular weight is 173 g/mol. The Morgan fingerprint density at radius 1 is 1.92 bits per heavy atom. The Hall–Kier alpha value is -1.53. The van der Waals surface area contributed by atoms with Crippen LogP contribution < -0.4 is 0 Å².